The van der Waals surface area contributed by atoms with Crippen molar-refractivity contribution in [1.29, 1.82) is 0 Å². The minimum absolute atomic E-state index is 0.207. The van der Waals surface area contributed by atoms with Crippen molar-refractivity contribution >= 4 is 17.9 Å². The molecular weight excluding hydrogens is 448 g/mol. The smallest absolute Gasteiger partial charge is 0.414 e. The average molecular weight is 485 g/mol. The second-order valence-corrected chi connectivity index (χ2v) is 9.02. The number of carbonyl (C=O) groups is 2. The highest BCUT2D eigenvalue weighted by atomic mass is 16.6. The van der Waals surface area contributed by atoms with Crippen LogP contribution in [0.25, 0.3) is 0 Å². The molecule has 0 radical (unpaired) electrons. The Labute approximate surface area is 207 Å². The number of rotatable bonds is 8. The predicted octanol–water partition coefficient (Wildman–Crippen LogP) is 5.79. The van der Waals surface area contributed by atoms with Crippen molar-refractivity contribution in [2.75, 3.05) is 32.3 Å². The minimum Gasteiger partial charge on any atom is -0.493 e. The molecule has 2 amide bonds. The van der Waals surface area contributed by atoms with Crippen LogP contribution in [0.15, 0.2) is 42.5 Å². The summed E-state index contributed by atoms with van der Waals surface area (Å²) in [5, 5.41) is 0. The lowest BCUT2D eigenvalue weighted by Crippen LogP contribution is -2.47. The second-order valence-electron chi connectivity index (χ2n) is 9.02. The molecule has 0 bridgehead atoms. The molecule has 1 heterocycles. The second kappa shape index (κ2) is 11.8. The maximum absolute atomic E-state index is 13.4. The fourth-order valence-electron chi connectivity index (χ4n) is 4.32. The van der Waals surface area contributed by atoms with Gasteiger partial charge in [0.2, 0.25) is 0 Å². The number of benzene rings is 2. The summed E-state index contributed by atoms with van der Waals surface area (Å²) in [6.45, 7) is 8.67. The van der Waals surface area contributed by atoms with Crippen LogP contribution in [0.3, 0.4) is 0 Å². The SMILES string of the molecule is CCOC(=O)N1c2cc(OC)c(OC)cc2C(N(Cc2ccccc2)C(=O)OCC(C)C)CC1C. The molecular formula is C27H36N2O6. The molecule has 0 saturated heterocycles. The quantitative estimate of drug-likeness (QED) is 0.472. The maximum Gasteiger partial charge on any atom is 0.414 e. The first-order chi connectivity index (χ1) is 16.8. The molecule has 0 saturated carbocycles. The number of fused-ring (bicyclic) bond motifs is 1. The lowest BCUT2D eigenvalue weighted by atomic mass is 9.90. The van der Waals surface area contributed by atoms with Crippen molar-refractivity contribution < 1.29 is 28.5 Å². The topological polar surface area (TPSA) is 77.5 Å². The summed E-state index contributed by atoms with van der Waals surface area (Å²) >= 11 is 0. The predicted molar refractivity (Wildman–Crippen MR) is 134 cm³/mol. The standard InChI is InChI=1S/C27H36N2O6/c1-7-34-27(31)29-19(4)13-22(21-14-24(32-5)25(33-6)15-23(21)29)28(26(30)35-17-18(2)3)16-20-11-9-8-10-12-20/h8-12,14-15,18-19,22H,7,13,16-17H2,1-6H3. The molecule has 1 aliphatic rings. The van der Waals surface area contributed by atoms with Gasteiger partial charge in [0.1, 0.15) is 0 Å². The fourth-order valence-corrected chi connectivity index (χ4v) is 4.32. The first-order valence-electron chi connectivity index (χ1n) is 12.0. The summed E-state index contributed by atoms with van der Waals surface area (Å²) < 4.78 is 22.1. The Balaban J connectivity index is 2.12. The number of hydrogen-bond donors (Lipinski definition) is 0. The Hall–Kier alpha value is -3.42. The molecule has 2 aromatic carbocycles. The fraction of sp³-hybridized carbons (Fsp3) is 0.481. The zero-order valence-corrected chi connectivity index (χ0v) is 21.4. The Morgan fingerprint density at radius 3 is 2.31 bits per heavy atom. The minimum atomic E-state index is -0.441. The molecule has 35 heavy (non-hydrogen) atoms. The Bertz CT molecular complexity index is 1010. The van der Waals surface area contributed by atoms with Crippen LogP contribution < -0.4 is 14.4 Å². The Kier molecular flexibility index (Phi) is 8.84. The first kappa shape index (κ1) is 26.2. The van der Waals surface area contributed by atoms with E-state index in [0.29, 0.717) is 36.8 Å². The molecule has 0 aromatic heterocycles. The number of nitrogens with zero attached hydrogens (tertiary/aromatic N) is 2. The number of anilines is 1. The Morgan fingerprint density at radius 2 is 1.71 bits per heavy atom. The number of amides is 2. The molecule has 0 spiro atoms. The van der Waals surface area contributed by atoms with Crippen LogP contribution in [-0.2, 0) is 16.0 Å². The first-order valence-corrected chi connectivity index (χ1v) is 12.0. The van der Waals surface area contributed by atoms with E-state index >= 15 is 0 Å². The zero-order valence-electron chi connectivity index (χ0n) is 21.4. The molecule has 0 N–H and O–H groups in total. The third-order valence-corrected chi connectivity index (χ3v) is 5.97. The van der Waals surface area contributed by atoms with Gasteiger partial charge in [0, 0.05) is 24.2 Å². The van der Waals surface area contributed by atoms with Gasteiger partial charge >= 0.3 is 12.2 Å². The van der Waals surface area contributed by atoms with Crippen molar-refractivity contribution in [2.24, 2.45) is 5.92 Å². The molecule has 3 rings (SSSR count). The van der Waals surface area contributed by atoms with Gasteiger partial charge in [-0.2, -0.15) is 0 Å². The molecule has 190 valence electrons. The van der Waals surface area contributed by atoms with Gasteiger partial charge in [0.25, 0.3) is 0 Å². The number of carbonyl (C=O) groups excluding carboxylic acids is 2. The molecule has 0 fully saturated rings. The third kappa shape index (κ3) is 5.99. The van der Waals surface area contributed by atoms with Crippen molar-refractivity contribution in [2.45, 2.75) is 52.7 Å². The van der Waals surface area contributed by atoms with Crippen LogP contribution in [0.2, 0.25) is 0 Å². The van der Waals surface area contributed by atoms with Crippen molar-refractivity contribution in [3.63, 3.8) is 0 Å². The average Bonchev–Trinajstić information content (AvgIpc) is 2.85. The largest absolute Gasteiger partial charge is 0.493 e. The zero-order chi connectivity index (χ0) is 25.5. The molecule has 2 unspecified atom stereocenters. The summed E-state index contributed by atoms with van der Waals surface area (Å²) in [4.78, 5) is 29.7. The van der Waals surface area contributed by atoms with Crippen LogP contribution >= 0.6 is 0 Å². The number of methoxy groups -OCH3 is 2. The van der Waals surface area contributed by atoms with Crippen molar-refractivity contribution in [3.8, 4) is 11.5 Å². The molecule has 8 nitrogen and oxygen atoms in total. The van der Waals surface area contributed by atoms with E-state index in [9.17, 15) is 9.59 Å². The molecule has 8 heteroatoms. The summed E-state index contributed by atoms with van der Waals surface area (Å²) in [5.74, 6) is 1.22. The van der Waals surface area contributed by atoms with Gasteiger partial charge in [-0.25, -0.2) is 9.59 Å². The maximum atomic E-state index is 13.4. The van der Waals surface area contributed by atoms with Gasteiger partial charge in [-0.05, 0) is 37.8 Å². The van der Waals surface area contributed by atoms with E-state index in [2.05, 4.69) is 0 Å². The van der Waals surface area contributed by atoms with E-state index in [1.165, 1.54) is 0 Å². The Morgan fingerprint density at radius 1 is 1.06 bits per heavy atom. The van der Waals surface area contributed by atoms with E-state index < -0.39 is 12.2 Å². The highest BCUT2D eigenvalue weighted by Crippen LogP contribution is 2.46. The van der Waals surface area contributed by atoms with E-state index in [-0.39, 0.29) is 24.6 Å². The van der Waals surface area contributed by atoms with Crippen LogP contribution in [-0.4, -0.2) is 50.6 Å². The van der Waals surface area contributed by atoms with Gasteiger partial charge < -0.3 is 18.9 Å². The van der Waals surface area contributed by atoms with Crippen molar-refractivity contribution in [3.05, 3.63) is 53.6 Å². The monoisotopic (exact) mass is 484 g/mol. The van der Waals surface area contributed by atoms with E-state index in [4.69, 9.17) is 18.9 Å². The van der Waals surface area contributed by atoms with Gasteiger partial charge in [0.15, 0.2) is 11.5 Å². The van der Waals surface area contributed by atoms with Crippen LogP contribution in [0.1, 0.15) is 51.3 Å². The lowest BCUT2D eigenvalue weighted by molar-refractivity contribution is 0.0690. The van der Waals surface area contributed by atoms with Crippen LogP contribution in [0, 0.1) is 5.92 Å². The normalized spacial score (nSPS) is 16.9. The van der Waals surface area contributed by atoms with Gasteiger partial charge in [-0.1, -0.05) is 44.2 Å². The highest BCUT2D eigenvalue weighted by molar-refractivity contribution is 5.91. The summed E-state index contributed by atoms with van der Waals surface area (Å²) in [6.07, 6.45) is -0.334. The van der Waals surface area contributed by atoms with E-state index in [1.54, 1.807) is 37.0 Å². The lowest BCUT2D eigenvalue weighted by Gasteiger charge is -2.42. The summed E-state index contributed by atoms with van der Waals surface area (Å²) in [7, 11) is 3.11. The summed E-state index contributed by atoms with van der Waals surface area (Å²) in [6, 6.07) is 12.8. The third-order valence-electron chi connectivity index (χ3n) is 5.97. The molecule has 1 aliphatic heterocycles. The highest BCUT2D eigenvalue weighted by Gasteiger charge is 2.40. The van der Waals surface area contributed by atoms with Crippen LogP contribution in [0.4, 0.5) is 15.3 Å². The molecule has 2 aromatic rings. The number of hydrogen-bond acceptors (Lipinski definition) is 6. The van der Waals surface area contributed by atoms with Crippen LogP contribution in [0.5, 0.6) is 11.5 Å². The molecule has 2 atom stereocenters. The van der Waals surface area contributed by atoms with Gasteiger partial charge in [-0.15, -0.1) is 0 Å². The van der Waals surface area contributed by atoms with Gasteiger partial charge in [-0.3, -0.25) is 9.80 Å². The molecule has 0 aliphatic carbocycles. The van der Waals surface area contributed by atoms with Crippen molar-refractivity contribution in [1.82, 2.24) is 4.90 Å². The van der Waals surface area contributed by atoms with Gasteiger partial charge in [0.05, 0.1) is 39.2 Å². The number of ether oxygens (including phenoxy) is 4. The van der Waals surface area contributed by atoms with E-state index in [0.717, 1.165) is 11.1 Å². The van der Waals surface area contributed by atoms with E-state index in [1.807, 2.05) is 57.2 Å². The summed E-state index contributed by atoms with van der Waals surface area (Å²) in [5.41, 5.74) is 2.38.